The molecule has 8 atom stereocenters. The van der Waals surface area contributed by atoms with Gasteiger partial charge in [0.1, 0.15) is 6.10 Å². The lowest BCUT2D eigenvalue weighted by atomic mass is 9.73. The summed E-state index contributed by atoms with van der Waals surface area (Å²) in [7, 11) is 0. The maximum Gasteiger partial charge on any atom is 0.338 e. The Morgan fingerprint density at radius 1 is 1.07 bits per heavy atom. The molecule has 140 valence electrons. The molecule has 0 radical (unpaired) electrons. The van der Waals surface area contributed by atoms with Gasteiger partial charge in [0.15, 0.2) is 0 Å². The second kappa shape index (κ2) is 4.66. The van der Waals surface area contributed by atoms with Gasteiger partial charge in [-0.25, -0.2) is 4.79 Å². The summed E-state index contributed by atoms with van der Waals surface area (Å²) in [6, 6.07) is 3.02. The van der Waals surface area contributed by atoms with Crippen molar-refractivity contribution in [3.8, 4) is 0 Å². The highest BCUT2D eigenvalue weighted by molar-refractivity contribution is 5.91. The van der Waals surface area contributed by atoms with Crippen molar-refractivity contribution in [1.82, 2.24) is 0 Å². The summed E-state index contributed by atoms with van der Waals surface area (Å²) >= 11 is 0. The molecule has 0 aliphatic heterocycles. The van der Waals surface area contributed by atoms with Crippen molar-refractivity contribution in [3.05, 3.63) is 44.0 Å². The fourth-order valence-electron chi connectivity index (χ4n) is 7.95. The summed E-state index contributed by atoms with van der Waals surface area (Å²) in [5, 5.41) is 22.2. The van der Waals surface area contributed by atoms with Crippen LogP contribution in [-0.4, -0.2) is 21.9 Å². The van der Waals surface area contributed by atoms with Crippen molar-refractivity contribution in [1.29, 1.82) is 0 Å². The van der Waals surface area contributed by atoms with E-state index in [0.29, 0.717) is 29.1 Å². The number of nitro benzene ring substituents is 2. The van der Waals surface area contributed by atoms with Gasteiger partial charge in [-0.2, -0.15) is 0 Å². The highest BCUT2D eigenvalue weighted by Crippen LogP contribution is 2.90. The minimum atomic E-state index is -0.725. The van der Waals surface area contributed by atoms with Crippen LogP contribution in [0.15, 0.2) is 18.2 Å². The molecule has 6 saturated carbocycles. The van der Waals surface area contributed by atoms with Crippen molar-refractivity contribution in [2.24, 2.45) is 40.9 Å². The van der Waals surface area contributed by atoms with Crippen LogP contribution in [0.4, 0.5) is 11.4 Å². The summed E-state index contributed by atoms with van der Waals surface area (Å²) in [5.41, 5.74) is -0.665. The van der Waals surface area contributed by atoms with Gasteiger partial charge >= 0.3 is 5.97 Å². The molecule has 1 aromatic carbocycles. The van der Waals surface area contributed by atoms with E-state index in [2.05, 4.69) is 0 Å². The molecule has 0 saturated heterocycles. The molecule has 0 amide bonds. The lowest BCUT2D eigenvalue weighted by Gasteiger charge is -2.33. The maximum atomic E-state index is 12.8. The monoisotopic (exact) mass is 370 g/mol. The van der Waals surface area contributed by atoms with E-state index < -0.39 is 27.2 Å². The fraction of sp³-hybridized carbons (Fsp3) is 0.632. The van der Waals surface area contributed by atoms with Crippen LogP contribution in [0.2, 0.25) is 0 Å². The number of non-ortho nitro benzene ring substituents is 2. The largest absolute Gasteiger partial charge is 0.458 e. The van der Waals surface area contributed by atoms with Crippen LogP contribution in [0, 0.1) is 61.2 Å². The number of hydrogen-bond acceptors (Lipinski definition) is 6. The van der Waals surface area contributed by atoms with E-state index in [1.807, 2.05) is 0 Å². The van der Waals surface area contributed by atoms with Crippen molar-refractivity contribution in [2.75, 3.05) is 0 Å². The zero-order chi connectivity index (χ0) is 18.7. The molecule has 7 rings (SSSR count). The number of ether oxygens (including phenoxy) is 1. The lowest BCUT2D eigenvalue weighted by molar-refractivity contribution is -0.394. The SMILES string of the molecule is O=C(O[C@H]1[C@@H]2[C@H]3[C@H]4C[C@H]2[C@]2(CCC[C@H]12)[C@H]43)c1cc([N+](=O)[O-])cc([N+](=O)[O-])c1. The van der Waals surface area contributed by atoms with Gasteiger partial charge in [-0.05, 0) is 48.3 Å². The number of rotatable bonds is 4. The first-order valence-corrected chi connectivity index (χ1v) is 9.58. The standard InChI is InChI=1S/C19H18N2O6/c22-18(8-4-9(20(23)24)6-10(5-8)21(25)26)27-17-12-2-1-3-19(12)13-7-11-14(15(13)17)16(11)19/h4-6,11-17H,1-3,7H2/t11-,12-,13-,14-,15+,16-,17-,19-/m1/s1. The van der Waals surface area contributed by atoms with E-state index in [0.717, 1.165) is 36.5 Å². The predicted molar refractivity (Wildman–Crippen MR) is 90.8 cm³/mol. The number of carbonyl (C=O) groups is 1. The fourth-order valence-corrected chi connectivity index (χ4v) is 7.95. The van der Waals surface area contributed by atoms with Gasteiger partial charge in [0.05, 0.1) is 21.5 Å². The highest BCUT2D eigenvalue weighted by Gasteiger charge is 2.87. The van der Waals surface area contributed by atoms with E-state index >= 15 is 0 Å². The Balaban J connectivity index is 1.32. The number of benzene rings is 1. The third-order valence-electron chi connectivity index (χ3n) is 8.37. The second-order valence-corrected chi connectivity index (χ2v) is 8.92. The van der Waals surface area contributed by atoms with E-state index in [1.165, 1.54) is 19.3 Å². The predicted octanol–water partition coefficient (Wildman–Crippen LogP) is 3.34. The number of hydrogen-bond donors (Lipinski definition) is 0. The molecule has 0 N–H and O–H groups in total. The van der Waals surface area contributed by atoms with Crippen molar-refractivity contribution in [2.45, 2.75) is 31.8 Å². The van der Waals surface area contributed by atoms with Crippen LogP contribution < -0.4 is 0 Å². The first-order valence-electron chi connectivity index (χ1n) is 9.58. The summed E-state index contributed by atoms with van der Waals surface area (Å²) in [6.07, 6.45) is 4.65. The first kappa shape index (κ1) is 15.5. The van der Waals surface area contributed by atoms with Crippen molar-refractivity contribution < 1.29 is 19.4 Å². The molecule has 27 heavy (non-hydrogen) atoms. The Morgan fingerprint density at radius 2 is 1.78 bits per heavy atom. The van der Waals surface area contributed by atoms with Gasteiger partial charge < -0.3 is 4.74 Å². The van der Waals surface area contributed by atoms with Crippen molar-refractivity contribution >= 4 is 17.3 Å². The molecule has 0 heterocycles. The van der Waals surface area contributed by atoms with Gasteiger partial charge in [-0.1, -0.05) is 6.42 Å². The van der Waals surface area contributed by atoms with Gasteiger partial charge in [-0.15, -0.1) is 0 Å². The average Bonchev–Trinajstić information content (AvgIpc) is 3.06. The Kier molecular flexibility index (Phi) is 2.68. The second-order valence-electron chi connectivity index (χ2n) is 8.92. The normalized spacial score (nSPS) is 44.2. The van der Waals surface area contributed by atoms with E-state index in [4.69, 9.17) is 4.74 Å². The third kappa shape index (κ3) is 1.67. The average molecular weight is 370 g/mol. The smallest absolute Gasteiger partial charge is 0.338 e. The van der Waals surface area contributed by atoms with Gasteiger partial charge in [-0.3, -0.25) is 20.2 Å². The van der Waals surface area contributed by atoms with Gasteiger partial charge in [0.2, 0.25) is 0 Å². The Hall–Kier alpha value is -2.51. The maximum absolute atomic E-state index is 12.8. The van der Waals surface area contributed by atoms with E-state index in [-0.39, 0.29) is 11.7 Å². The minimum absolute atomic E-state index is 0.106. The highest BCUT2D eigenvalue weighted by atomic mass is 16.6. The molecule has 6 fully saturated rings. The molecule has 0 unspecified atom stereocenters. The summed E-state index contributed by atoms with van der Waals surface area (Å²) in [5.74, 6) is 3.19. The van der Waals surface area contributed by atoms with E-state index in [9.17, 15) is 25.0 Å². The molecular formula is C19H18N2O6. The molecule has 0 aromatic heterocycles. The molecule has 8 heteroatoms. The third-order valence-corrected chi connectivity index (χ3v) is 8.37. The van der Waals surface area contributed by atoms with Crippen LogP contribution in [0.25, 0.3) is 0 Å². The van der Waals surface area contributed by atoms with Gasteiger partial charge in [0.25, 0.3) is 11.4 Å². The number of nitrogens with zero attached hydrogens (tertiary/aromatic N) is 2. The Labute approximate surface area is 154 Å². The minimum Gasteiger partial charge on any atom is -0.458 e. The molecule has 1 aromatic rings. The molecule has 6 bridgehead atoms. The molecule has 8 nitrogen and oxygen atoms in total. The van der Waals surface area contributed by atoms with Crippen LogP contribution in [0.5, 0.6) is 0 Å². The molecule has 1 spiro atoms. The Bertz CT molecular complexity index is 899. The van der Waals surface area contributed by atoms with Gasteiger partial charge in [0, 0.05) is 24.0 Å². The first-order chi connectivity index (χ1) is 12.9. The number of nitro groups is 2. The number of carbonyl (C=O) groups excluding carboxylic acids is 1. The van der Waals surface area contributed by atoms with Crippen molar-refractivity contribution in [3.63, 3.8) is 0 Å². The van der Waals surface area contributed by atoms with Crippen LogP contribution in [-0.2, 0) is 4.74 Å². The summed E-state index contributed by atoms with van der Waals surface area (Å²) in [6.45, 7) is 0. The van der Waals surface area contributed by atoms with E-state index in [1.54, 1.807) is 0 Å². The van der Waals surface area contributed by atoms with Crippen LogP contribution in [0.3, 0.4) is 0 Å². The van der Waals surface area contributed by atoms with Crippen LogP contribution in [0.1, 0.15) is 36.0 Å². The lowest BCUT2D eigenvalue weighted by Crippen LogP contribution is -2.36. The molecule has 6 aliphatic carbocycles. The summed E-state index contributed by atoms with van der Waals surface area (Å²) in [4.78, 5) is 33.5. The Morgan fingerprint density at radius 3 is 2.41 bits per heavy atom. The topological polar surface area (TPSA) is 113 Å². The quantitative estimate of drug-likeness (QED) is 0.456. The molecule has 6 aliphatic rings. The molecular weight excluding hydrogens is 352 g/mol. The number of esters is 1. The zero-order valence-corrected chi connectivity index (χ0v) is 14.4. The zero-order valence-electron chi connectivity index (χ0n) is 14.4. The van der Waals surface area contributed by atoms with Crippen LogP contribution >= 0.6 is 0 Å². The summed E-state index contributed by atoms with van der Waals surface area (Å²) < 4.78 is 5.92.